The van der Waals surface area contributed by atoms with Crippen molar-refractivity contribution in [3.63, 3.8) is 0 Å². The summed E-state index contributed by atoms with van der Waals surface area (Å²) < 4.78 is 5.39. The molecule has 6 nitrogen and oxygen atoms in total. The van der Waals surface area contributed by atoms with E-state index in [0.717, 1.165) is 24.4 Å². The average Bonchev–Trinajstić information content (AvgIpc) is 3.18. The second-order valence-corrected chi connectivity index (χ2v) is 5.24. The number of rotatable bonds is 4. The molecule has 0 aliphatic carbocycles. The first-order valence-corrected chi connectivity index (χ1v) is 7.02. The molecule has 1 fully saturated rings. The molecule has 3 heterocycles. The number of nitrogens with one attached hydrogen (secondary N) is 1. The smallest absolute Gasteiger partial charge is 0.257 e. The lowest BCUT2D eigenvalue weighted by Gasteiger charge is -2.17. The first-order chi connectivity index (χ1) is 10.3. The minimum absolute atomic E-state index is 0.0451. The van der Waals surface area contributed by atoms with Crippen molar-refractivity contribution in [2.75, 3.05) is 20.3 Å². The zero-order chi connectivity index (χ0) is 14.7. The maximum atomic E-state index is 12.6. The Bertz CT molecular complexity index is 605. The van der Waals surface area contributed by atoms with Gasteiger partial charge in [-0.2, -0.15) is 5.10 Å². The van der Waals surface area contributed by atoms with Gasteiger partial charge in [-0.1, -0.05) is 6.07 Å². The van der Waals surface area contributed by atoms with Gasteiger partial charge in [0, 0.05) is 25.8 Å². The molecule has 21 heavy (non-hydrogen) atoms. The number of hydrogen-bond acceptors (Lipinski definition) is 4. The zero-order valence-corrected chi connectivity index (χ0v) is 12.0. The summed E-state index contributed by atoms with van der Waals surface area (Å²) in [5.41, 5.74) is 2.37. The van der Waals surface area contributed by atoms with Gasteiger partial charge < -0.3 is 9.64 Å². The highest BCUT2D eigenvalue weighted by Gasteiger charge is 2.26. The normalized spacial score (nSPS) is 17.9. The predicted octanol–water partition coefficient (Wildman–Crippen LogP) is 1.58. The van der Waals surface area contributed by atoms with Crippen molar-refractivity contribution < 1.29 is 9.53 Å². The highest BCUT2D eigenvalue weighted by Crippen LogP contribution is 2.26. The van der Waals surface area contributed by atoms with E-state index in [2.05, 4.69) is 15.2 Å². The van der Waals surface area contributed by atoms with Gasteiger partial charge in [0.25, 0.3) is 5.91 Å². The van der Waals surface area contributed by atoms with E-state index in [1.807, 2.05) is 18.2 Å². The van der Waals surface area contributed by atoms with Crippen molar-refractivity contribution in [1.29, 1.82) is 0 Å². The molecule has 0 aromatic carbocycles. The third-order valence-electron chi connectivity index (χ3n) is 3.71. The standard InChI is InChI=1S/C15H18N4O2/c1-19(9-12-4-2-3-6-16-12)15(20)13-8-17-18-14(13)11-5-7-21-10-11/h2-4,6,8,11H,5,7,9-10H2,1H3,(H,17,18). The number of H-pyrrole nitrogens is 1. The molecule has 1 atom stereocenters. The second kappa shape index (κ2) is 6.05. The summed E-state index contributed by atoms with van der Waals surface area (Å²) in [6, 6.07) is 5.68. The summed E-state index contributed by atoms with van der Waals surface area (Å²) in [5.74, 6) is 0.186. The van der Waals surface area contributed by atoms with Crippen LogP contribution in [0.15, 0.2) is 30.6 Å². The largest absolute Gasteiger partial charge is 0.381 e. The van der Waals surface area contributed by atoms with E-state index in [0.29, 0.717) is 18.7 Å². The minimum Gasteiger partial charge on any atom is -0.381 e. The lowest BCUT2D eigenvalue weighted by molar-refractivity contribution is 0.0781. The zero-order valence-electron chi connectivity index (χ0n) is 12.0. The van der Waals surface area contributed by atoms with Crippen molar-refractivity contribution in [2.45, 2.75) is 18.9 Å². The third kappa shape index (κ3) is 2.95. The number of ether oxygens (including phenoxy) is 1. The maximum Gasteiger partial charge on any atom is 0.257 e. The third-order valence-corrected chi connectivity index (χ3v) is 3.71. The van der Waals surface area contributed by atoms with Crippen LogP contribution in [-0.2, 0) is 11.3 Å². The molecule has 6 heteroatoms. The summed E-state index contributed by atoms with van der Waals surface area (Å²) in [6.45, 7) is 1.86. The molecule has 1 aliphatic heterocycles. The number of aromatic amines is 1. The summed E-state index contributed by atoms with van der Waals surface area (Å²) in [7, 11) is 1.78. The van der Waals surface area contributed by atoms with Crippen LogP contribution in [0.3, 0.4) is 0 Å². The molecule has 1 N–H and O–H groups in total. The van der Waals surface area contributed by atoms with Crippen LogP contribution in [0.4, 0.5) is 0 Å². The van der Waals surface area contributed by atoms with Gasteiger partial charge in [0.05, 0.1) is 36.3 Å². The van der Waals surface area contributed by atoms with Crippen LogP contribution in [0.5, 0.6) is 0 Å². The van der Waals surface area contributed by atoms with E-state index < -0.39 is 0 Å². The number of nitrogens with zero attached hydrogens (tertiary/aromatic N) is 3. The van der Waals surface area contributed by atoms with Gasteiger partial charge >= 0.3 is 0 Å². The van der Waals surface area contributed by atoms with Crippen molar-refractivity contribution in [3.05, 3.63) is 47.5 Å². The fraction of sp³-hybridized carbons (Fsp3) is 0.400. The van der Waals surface area contributed by atoms with Gasteiger partial charge in [-0.05, 0) is 18.6 Å². The molecule has 2 aromatic rings. The molecular weight excluding hydrogens is 268 g/mol. The molecule has 1 aliphatic rings. The fourth-order valence-electron chi connectivity index (χ4n) is 2.55. The van der Waals surface area contributed by atoms with E-state index in [9.17, 15) is 4.79 Å². The Kier molecular flexibility index (Phi) is 3.96. The van der Waals surface area contributed by atoms with E-state index >= 15 is 0 Å². The molecule has 2 aromatic heterocycles. The molecule has 1 saturated heterocycles. The summed E-state index contributed by atoms with van der Waals surface area (Å²) in [6.07, 6.45) is 4.25. The quantitative estimate of drug-likeness (QED) is 0.926. The SMILES string of the molecule is CN(Cc1ccccn1)C(=O)c1cn[nH]c1C1CCOC1. The van der Waals surface area contributed by atoms with Crippen LogP contribution in [0.2, 0.25) is 0 Å². The predicted molar refractivity (Wildman–Crippen MR) is 76.8 cm³/mol. The summed E-state index contributed by atoms with van der Waals surface area (Å²) >= 11 is 0. The number of carbonyl (C=O) groups is 1. The van der Waals surface area contributed by atoms with Crippen LogP contribution < -0.4 is 0 Å². The Morgan fingerprint density at radius 3 is 3.14 bits per heavy atom. The Hall–Kier alpha value is -2.21. The second-order valence-electron chi connectivity index (χ2n) is 5.24. The van der Waals surface area contributed by atoms with Crippen molar-refractivity contribution >= 4 is 5.91 Å². The Morgan fingerprint density at radius 2 is 2.43 bits per heavy atom. The van der Waals surface area contributed by atoms with Crippen LogP contribution >= 0.6 is 0 Å². The minimum atomic E-state index is -0.0451. The molecule has 0 bridgehead atoms. The molecule has 1 amide bonds. The topological polar surface area (TPSA) is 71.1 Å². The van der Waals surface area contributed by atoms with Gasteiger partial charge in [-0.25, -0.2) is 0 Å². The number of carbonyl (C=O) groups excluding carboxylic acids is 1. The van der Waals surface area contributed by atoms with Gasteiger partial charge in [-0.3, -0.25) is 14.9 Å². The van der Waals surface area contributed by atoms with Gasteiger partial charge in [0.1, 0.15) is 0 Å². The molecule has 1 unspecified atom stereocenters. The summed E-state index contributed by atoms with van der Waals surface area (Å²) in [5, 5.41) is 6.99. The van der Waals surface area contributed by atoms with Crippen LogP contribution in [0.25, 0.3) is 0 Å². The maximum absolute atomic E-state index is 12.6. The molecule has 0 saturated carbocycles. The molecule has 3 rings (SSSR count). The van der Waals surface area contributed by atoms with Crippen LogP contribution in [0.1, 0.15) is 34.1 Å². The van der Waals surface area contributed by atoms with Gasteiger partial charge in [-0.15, -0.1) is 0 Å². The number of amides is 1. The lowest BCUT2D eigenvalue weighted by atomic mass is 10.0. The van der Waals surface area contributed by atoms with Crippen molar-refractivity contribution in [2.24, 2.45) is 0 Å². The van der Waals surface area contributed by atoms with Crippen LogP contribution in [0, 0.1) is 0 Å². The molecular formula is C15H18N4O2. The fourth-order valence-corrected chi connectivity index (χ4v) is 2.55. The average molecular weight is 286 g/mol. The summed E-state index contributed by atoms with van der Waals surface area (Å²) in [4.78, 5) is 18.5. The van der Waals surface area contributed by atoms with Gasteiger partial charge in [0.15, 0.2) is 0 Å². The molecule has 110 valence electrons. The first kappa shape index (κ1) is 13.8. The lowest BCUT2D eigenvalue weighted by Crippen LogP contribution is -2.27. The monoisotopic (exact) mass is 286 g/mol. The number of aromatic nitrogens is 3. The molecule has 0 spiro atoms. The van der Waals surface area contributed by atoms with E-state index in [-0.39, 0.29) is 11.8 Å². The van der Waals surface area contributed by atoms with E-state index in [4.69, 9.17) is 4.74 Å². The number of pyridine rings is 1. The van der Waals surface area contributed by atoms with E-state index in [1.165, 1.54) is 0 Å². The van der Waals surface area contributed by atoms with Crippen molar-refractivity contribution in [1.82, 2.24) is 20.1 Å². The van der Waals surface area contributed by atoms with Gasteiger partial charge in [0.2, 0.25) is 0 Å². The van der Waals surface area contributed by atoms with Crippen LogP contribution in [-0.4, -0.2) is 46.2 Å². The highest BCUT2D eigenvalue weighted by atomic mass is 16.5. The van der Waals surface area contributed by atoms with E-state index in [1.54, 1.807) is 24.3 Å². The number of hydrogen-bond donors (Lipinski definition) is 1. The Morgan fingerprint density at radius 1 is 1.52 bits per heavy atom. The molecule has 0 radical (unpaired) electrons. The first-order valence-electron chi connectivity index (χ1n) is 7.02. The van der Waals surface area contributed by atoms with Crippen molar-refractivity contribution in [3.8, 4) is 0 Å². The highest BCUT2D eigenvalue weighted by molar-refractivity contribution is 5.95. The Balaban J connectivity index is 1.74. The Labute approximate surface area is 123 Å².